The number of carbonyl (C=O) groups is 1. The zero-order chi connectivity index (χ0) is 30.0. The molecule has 42 heavy (non-hydrogen) atoms. The number of halogens is 3. The Balaban J connectivity index is 1.16. The van der Waals surface area contributed by atoms with E-state index in [9.17, 15) is 18.0 Å². The first-order valence-corrected chi connectivity index (χ1v) is 13.9. The van der Waals surface area contributed by atoms with Crippen LogP contribution >= 0.6 is 0 Å². The van der Waals surface area contributed by atoms with Crippen LogP contribution in [-0.4, -0.2) is 58.9 Å². The number of aryl methyl sites for hydroxylation is 3. The van der Waals surface area contributed by atoms with E-state index in [2.05, 4.69) is 9.88 Å². The topological polar surface area (TPSA) is 103 Å². The van der Waals surface area contributed by atoms with Crippen molar-refractivity contribution in [2.75, 3.05) is 36.9 Å². The van der Waals surface area contributed by atoms with E-state index in [-0.39, 0.29) is 30.0 Å². The van der Waals surface area contributed by atoms with E-state index in [0.29, 0.717) is 43.6 Å². The molecule has 3 aromatic carbocycles. The van der Waals surface area contributed by atoms with Crippen LogP contribution < -0.4 is 16.0 Å². The number of amides is 1. The lowest BCUT2D eigenvalue weighted by Gasteiger charge is -2.33. The number of nitrogens with two attached hydrogens (primary N) is 1. The number of nitrogens with one attached hydrogen (secondary N) is 2. The largest absolute Gasteiger partial charge is 0.384 e. The summed E-state index contributed by atoms with van der Waals surface area (Å²) in [7, 11) is 3.72. The fraction of sp³-hybridized carbons (Fsp3) is 0.323. The van der Waals surface area contributed by atoms with Crippen LogP contribution in [0, 0.1) is 22.9 Å². The molecule has 0 bridgehead atoms. The van der Waals surface area contributed by atoms with Crippen LogP contribution in [0.3, 0.4) is 0 Å². The number of carbonyl (C=O) groups excluding carboxylic acids is 1. The second-order valence-electron chi connectivity index (χ2n) is 10.8. The Morgan fingerprint density at radius 2 is 1.71 bits per heavy atom. The zero-order valence-corrected chi connectivity index (χ0v) is 23.6. The van der Waals surface area contributed by atoms with Crippen LogP contribution in [0.5, 0.6) is 0 Å². The molecular weight excluding hydrogens is 543 g/mol. The number of aromatic nitrogens is 2. The zero-order valence-electron chi connectivity index (χ0n) is 23.6. The average molecular weight is 578 g/mol. The molecular formula is C31H34F3N7O. The lowest BCUT2D eigenvalue weighted by molar-refractivity contribution is -0.119. The van der Waals surface area contributed by atoms with Gasteiger partial charge in [0.1, 0.15) is 23.2 Å². The Bertz CT molecular complexity index is 1590. The fourth-order valence-corrected chi connectivity index (χ4v) is 5.34. The summed E-state index contributed by atoms with van der Waals surface area (Å²) in [5, 5.41) is 10.4. The van der Waals surface area contributed by atoms with Crippen LogP contribution in [-0.2, 0) is 24.7 Å². The van der Waals surface area contributed by atoms with Crippen molar-refractivity contribution in [2.24, 2.45) is 12.8 Å². The van der Waals surface area contributed by atoms with Crippen LogP contribution in [0.4, 0.5) is 24.5 Å². The number of nitrogens with zero attached hydrogens (tertiary/aromatic N) is 4. The van der Waals surface area contributed by atoms with Crippen LogP contribution in [0.15, 0.2) is 54.6 Å². The molecule has 1 amide bonds. The number of piperidine rings is 1. The van der Waals surface area contributed by atoms with Crippen molar-refractivity contribution in [3.8, 4) is 0 Å². The third-order valence-electron chi connectivity index (χ3n) is 7.92. The van der Waals surface area contributed by atoms with Crippen LogP contribution in [0.2, 0.25) is 0 Å². The maximum Gasteiger partial charge on any atom is 0.240 e. The summed E-state index contributed by atoms with van der Waals surface area (Å²) >= 11 is 0. The molecule has 2 heterocycles. The van der Waals surface area contributed by atoms with Gasteiger partial charge in [-0.05, 0) is 43.0 Å². The summed E-state index contributed by atoms with van der Waals surface area (Å²) in [4.78, 5) is 21.6. The van der Waals surface area contributed by atoms with Gasteiger partial charge in [0.15, 0.2) is 11.6 Å². The Hall–Kier alpha value is -4.38. The number of likely N-dealkylation sites (tertiary alicyclic amines) is 1. The molecule has 8 nitrogen and oxygen atoms in total. The number of likely N-dealkylation sites (N-methyl/N-ethyl adjacent to an activating group) is 1. The summed E-state index contributed by atoms with van der Waals surface area (Å²) < 4.78 is 43.3. The summed E-state index contributed by atoms with van der Waals surface area (Å²) in [5.74, 6) is -1.95. The van der Waals surface area contributed by atoms with E-state index in [1.54, 1.807) is 11.9 Å². The molecule has 1 aromatic heterocycles. The smallest absolute Gasteiger partial charge is 0.240 e. The second-order valence-corrected chi connectivity index (χ2v) is 10.8. The Labute approximate surface area is 242 Å². The summed E-state index contributed by atoms with van der Waals surface area (Å²) in [6.07, 6.45) is 2.72. The molecule has 5 rings (SSSR count). The standard InChI is InChI=1S/C31H34F3N7O/c1-39(29(42)18-41-13-11-22(12-14-41)37-30-24(33)15-21(32)16-25(30)34)23-8-9-27-26(17-23)38-28(40(27)2)10-5-19-3-6-20(7-4-19)31(35)36/h3-4,6-9,15-17,22,37H,5,10-14,18H2,1-2H3,(H3,35,36). The molecule has 1 fully saturated rings. The number of nitrogen functional groups attached to an aromatic ring is 1. The molecule has 0 aliphatic carbocycles. The van der Waals surface area contributed by atoms with E-state index in [1.807, 2.05) is 54.4 Å². The predicted octanol–water partition coefficient (Wildman–Crippen LogP) is 4.60. The highest BCUT2D eigenvalue weighted by atomic mass is 19.1. The van der Waals surface area contributed by atoms with E-state index in [1.165, 1.54) is 0 Å². The summed E-state index contributed by atoms with van der Waals surface area (Å²) in [5.41, 5.74) is 9.59. The number of fused-ring (bicyclic) bond motifs is 1. The van der Waals surface area contributed by atoms with Crippen LogP contribution in [0.1, 0.15) is 29.8 Å². The van der Waals surface area contributed by atoms with Gasteiger partial charge in [-0.2, -0.15) is 0 Å². The third kappa shape index (κ3) is 6.41. The molecule has 1 aliphatic heterocycles. The van der Waals surface area contributed by atoms with Gasteiger partial charge in [0.2, 0.25) is 5.91 Å². The van der Waals surface area contributed by atoms with Gasteiger partial charge in [-0.3, -0.25) is 15.1 Å². The van der Waals surface area contributed by atoms with Crippen molar-refractivity contribution >= 4 is 34.2 Å². The Kier molecular flexibility index (Phi) is 8.49. The van der Waals surface area contributed by atoms with Gasteiger partial charge in [-0.1, -0.05) is 24.3 Å². The lowest BCUT2D eigenvalue weighted by atomic mass is 10.0. The van der Waals surface area contributed by atoms with Crippen molar-refractivity contribution in [2.45, 2.75) is 31.7 Å². The molecule has 220 valence electrons. The highest BCUT2D eigenvalue weighted by Gasteiger charge is 2.24. The van der Waals surface area contributed by atoms with Gasteiger partial charge in [-0.25, -0.2) is 18.2 Å². The monoisotopic (exact) mass is 577 g/mol. The number of imidazole rings is 1. The quantitative estimate of drug-likeness (QED) is 0.199. The highest BCUT2D eigenvalue weighted by molar-refractivity contribution is 5.96. The van der Waals surface area contributed by atoms with Crippen molar-refractivity contribution < 1.29 is 18.0 Å². The van der Waals surface area contributed by atoms with Crippen molar-refractivity contribution in [1.82, 2.24) is 14.5 Å². The molecule has 1 saturated heterocycles. The van der Waals surface area contributed by atoms with Crippen molar-refractivity contribution in [3.63, 3.8) is 0 Å². The van der Waals surface area contributed by atoms with Gasteiger partial charge < -0.3 is 20.5 Å². The number of anilines is 2. The number of benzene rings is 3. The average Bonchev–Trinajstić information content (AvgIpc) is 3.28. The first kappa shape index (κ1) is 29.1. The van der Waals surface area contributed by atoms with Gasteiger partial charge in [0, 0.05) is 63.0 Å². The van der Waals surface area contributed by atoms with Crippen molar-refractivity contribution in [1.29, 1.82) is 5.41 Å². The van der Waals surface area contributed by atoms with Gasteiger partial charge in [0.25, 0.3) is 0 Å². The second kappa shape index (κ2) is 12.2. The van der Waals surface area contributed by atoms with E-state index in [4.69, 9.17) is 16.1 Å². The van der Waals surface area contributed by atoms with E-state index in [0.717, 1.165) is 41.0 Å². The molecule has 4 aromatic rings. The van der Waals surface area contributed by atoms with E-state index < -0.39 is 17.5 Å². The molecule has 0 atom stereocenters. The van der Waals surface area contributed by atoms with Crippen molar-refractivity contribution in [3.05, 3.63) is 89.0 Å². The number of rotatable bonds is 9. The molecule has 0 saturated carbocycles. The van der Waals surface area contributed by atoms with Gasteiger partial charge in [-0.15, -0.1) is 0 Å². The molecule has 1 aliphatic rings. The normalized spacial score (nSPS) is 14.3. The molecule has 4 N–H and O–H groups in total. The SMILES string of the molecule is CN(C(=O)CN1CCC(Nc2c(F)cc(F)cc2F)CC1)c1ccc2c(c1)nc(CCc1ccc(C(=N)N)cc1)n2C. The molecule has 0 radical (unpaired) electrons. The first-order valence-electron chi connectivity index (χ1n) is 13.9. The first-order chi connectivity index (χ1) is 20.1. The highest BCUT2D eigenvalue weighted by Crippen LogP contribution is 2.25. The molecule has 11 heteroatoms. The third-order valence-corrected chi connectivity index (χ3v) is 7.92. The van der Waals surface area contributed by atoms with Crippen LogP contribution in [0.25, 0.3) is 11.0 Å². The minimum Gasteiger partial charge on any atom is -0.384 e. The van der Waals surface area contributed by atoms with Gasteiger partial charge >= 0.3 is 0 Å². The minimum absolute atomic E-state index is 0.0483. The molecule has 0 unspecified atom stereocenters. The Morgan fingerprint density at radius 3 is 2.36 bits per heavy atom. The summed E-state index contributed by atoms with van der Waals surface area (Å²) in [6.45, 7) is 1.39. The lowest BCUT2D eigenvalue weighted by Crippen LogP contribution is -2.44. The minimum atomic E-state index is -0.954. The summed E-state index contributed by atoms with van der Waals surface area (Å²) in [6, 6.07) is 14.6. The molecule has 0 spiro atoms. The predicted molar refractivity (Wildman–Crippen MR) is 158 cm³/mol. The Morgan fingerprint density at radius 1 is 1.05 bits per heavy atom. The van der Waals surface area contributed by atoms with E-state index >= 15 is 0 Å². The number of hydrogen-bond donors (Lipinski definition) is 3. The number of hydrogen-bond acceptors (Lipinski definition) is 5. The maximum absolute atomic E-state index is 14.0. The fourth-order valence-electron chi connectivity index (χ4n) is 5.34. The maximum atomic E-state index is 14.0. The van der Waals surface area contributed by atoms with Gasteiger partial charge in [0.05, 0.1) is 17.6 Å². The number of amidine groups is 1.